The molecule has 0 saturated heterocycles. The van der Waals surface area contributed by atoms with E-state index in [0.29, 0.717) is 16.7 Å². The van der Waals surface area contributed by atoms with Gasteiger partial charge in [-0.1, -0.05) is 23.5 Å². The topological polar surface area (TPSA) is 70.7 Å². The molecule has 2 heterocycles. The van der Waals surface area contributed by atoms with E-state index < -0.39 is 0 Å². The van der Waals surface area contributed by atoms with Gasteiger partial charge in [0.15, 0.2) is 10.8 Å². The molecule has 6 heteroatoms. The smallest absolute Gasteiger partial charge is 0.277 e. The summed E-state index contributed by atoms with van der Waals surface area (Å²) in [5.74, 6) is 0.346. The van der Waals surface area contributed by atoms with Gasteiger partial charge in [0.05, 0.1) is 10.2 Å². The van der Waals surface area contributed by atoms with Gasteiger partial charge in [-0.05, 0) is 37.5 Å². The van der Waals surface area contributed by atoms with E-state index >= 15 is 0 Å². The first-order valence-electron chi connectivity index (χ1n) is 6.93. The first kappa shape index (κ1) is 12.5. The Morgan fingerprint density at radius 3 is 3.05 bits per heavy atom. The van der Waals surface area contributed by atoms with Crippen LogP contribution in [-0.4, -0.2) is 21.1 Å². The van der Waals surface area contributed by atoms with E-state index in [2.05, 4.69) is 20.5 Å². The number of rotatable bonds is 3. The minimum absolute atomic E-state index is 0.213. The molecule has 5 nitrogen and oxygen atoms in total. The molecular weight excluding hydrogens is 284 g/mol. The maximum atomic E-state index is 12.2. The van der Waals surface area contributed by atoms with Gasteiger partial charge in [-0.2, -0.15) is 5.10 Å². The number of H-pyrrole nitrogens is 1. The van der Waals surface area contributed by atoms with Gasteiger partial charge in [0.2, 0.25) is 0 Å². The van der Waals surface area contributed by atoms with Crippen LogP contribution in [0.3, 0.4) is 0 Å². The van der Waals surface area contributed by atoms with Gasteiger partial charge < -0.3 is 0 Å². The third kappa shape index (κ3) is 2.31. The Hall–Kier alpha value is -2.21. The summed E-state index contributed by atoms with van der Waals surface area (Å²) < 4.78 is 1.07. The van der Waals surface area contributed by atoms with Crippen LogP contribution in [0.15, 0.2) is 24.3 Å². The minimum Gasteiger partial charge on any atom is -0.296 e. The van der Waals surface area contributed by atoms with Crippen LogP contribution in [0.2, 0.25) is 0 Å². The third-order valence-electron chi connectivity index (χ3n) is 3.69. The van der Waals surface area contributed by atoms with Crippen LogP contribution in [0.25, 0.3) is 10.2 Å². The van der Waals surface area contributed by atoms with E-state index in [9.17, 15) is 4.79 Å². The zero-order valence-electron chi connectivity index (χ0n) is 11.5. The summed E-state index contributed by atoms with van der Waals surface area (Å²) in [6.07, 6.45) is 2.36. The monoisotopic (exact) mass is 298 g/mol. The van der Waals surface area contributed by atoms with Crippen molar-refractivity contribution in [3.8, 4) is 0 Å². The first-order valence-corrected chi connectivity index (χ1v) is 7.75. The highest BCUT2D eigenvalue weighted by atomic mass is 32.1. The van der Waals surface area contributed by atoms with E-state index in [1.807, 2.05) is 31.2 Å². The van der Waals surface area contributed by atoms with Gasteiger partial charge in [-0.15, -0.1) is 0 Å². The van der Waals surface area contributed by atoms with E-state index in [1.165, 1.54) is 24.2 Å². The highest BCUT2D eigenvalue weighted by molar-refractivity contribution is 7.22. The Morgan fingerprint density at radius 1 is 1.43 bits per heavy atom. The average molecular weight is 298 g/mol. The fourth-order valence-corrected chi connectivity index (χ4v) is 3.30. The average Bonchev–Trinajstić information content (AvgIpc) is 3.04. The molecule has 4 rings (SSSR count). The lowest BCUT2D eigenvalue weighted by molar-refractivity contribution is 0.102. The standard InChI is InChI=1S/C15H14N4OS/c1-8-3-2-4-12-13(8)16-15(21-12)17-14(20)11-7-10(18-19-11)9-5-6-9/h2-4,7,9H,5-6H2,1H3,(H,18,19)(H,16,17,20). The lowest BCUT2D eigenvalue weighted by atomic mass is 10.2. The number of benzene rings is 1. The van der Waals surface area contributed by atoms with Crippen molar-refractivity contribution >= 4 is 32.6 Å². The molecule has 21 heavy (non-hydrogen) atoms. The Labute approximate surface area is 125 Å². The van der Waals surface area contributed by atoms with Crippen molar-refractivity contribution in [1.29, 1.82) is 0 Å². The first-order chi connectivity index (χ1) is 10.2. The van der Waals surface area contributed by atoms with Crippen molar-refractivity contribution < 1.29 is 4.79 Å². The van der Waals surface area contributed by atoms with Crippen LogP contribution in [0.5, 0.6) is 0 Å². The number of aromatic amines is 1. The van der Waals surface area contributed by atoms with Crippen LogP contribution < -0.4 is 5.32 Å². The summed E-state index contributed by atoms with van der Waals surface area (Å²) in [6.45, 7) is 2.02. The molecule has 1 aliphatic rings. The molecule has 0 bridgehead atoms. The highest BCUT2D eigenvalue weighted by Crippen LogP contribution is 2.39. The summed E-state index contributed by atoms with van der Waals surface area (Å²) in [5, 5.41) is 10.5. The minimum atomic E-state index is -0.213. The number of para-hydroxylation sites is 1. The lowest BCUT2D eigenvalue weighted by Gasteiger charge is -1.96. The second kappa shape index (κ2) is 4.66. The molecule has 0 radical (unpaired) electrons. The number of amides is 1. The molecule has 2 N–H and O–H groups in total. The molecule has 1 aliphatic carbocycles. The molecular formula is C15H14N4OS. The Morgan fingerprint density at radius 2 is 2.29 bits per heavy atom. The van der Waals surface area contributed by atoms with Crippen LogP contribution in [0.1, 0.15) is 40.5 Å². The predicted octanol–water partition coefficient (Wildman–Crippen LogP) is 3.46. The van der Waals surface area contributed by atoms with Crippen molar-refractivity contribution in [2.45, 2.75) is 25.7 Å². The molecule has 0 atom stereocenters. The van der Waals surface area contributed by atoms with Gasteiger partial charge >= 0.3 is 0 Å². The normalized spacial score (nSPS) is 14.5. The number of aromatic nitrogens is 3. The summed E-state index contributed by atoms with van der Waals surface area (Å²) in [5.41, 5.74) is 3.53. The van der Waals surface area contributed by atoms with Gasteiger partial charge in [0.25, 0.3) is 5.91 Å². The molecule has 3 aromatic rings. The molecule has 1 amide bonds. The van der Waals surface area contributed by atoms with Crippen molar-refractivity contribution in [2.24, 2.45) is 0 Å². The molecule has 0 spiro atoms. The van der Waals surface area contributed by atoms with E-state index in [1.54, 1.807) is 0 Å². The maximum Gasteiger partial charge on any atom is 0.277 e. The summed E-state index contributed by atoms with van der Waals surface area (Å²) in [7, 11) is 0. The quantitative estimate of drug-likeness (QED) is 0.778. The largest absolute Gasteiger partial charge is 0.296 e. The zero-order valence-corrected chi connectivity index (χ0v) is 12.3. The Kier molecular flexibility index (Phi) is 2.78. The number of thiazole rings is 1. The number of nitrogens with one attached hydrogen (secondary N) is 2. The van der Waals surface area contributed by atoms with E-state index in [4.69, 9.17) is 0 Å². The van der Waals surface area contributed by atoms with Gasteiger partial charge in [0.1, 0.15) is 0 Å². The summed E-state index contributed by atoms with van der Waals surface area (Å²) >= 11 is 1.48. The molecule has 2 aromatic heterocycles. The number of fused-ring (bicyclic) bond motifs is 1. The number of aryl methyl sites for hydroxylation is 1. The SMILES string of the molecule is Cc1cccc2sc(NC(=O)c3cc(C4CC4)[nH]n3)nc12. The fraction of sp³-hybridized carbons (Fsp3) is 0.267. The lowest BCUT2D eigenvalue weighted by Crippen LogP contribution is -2.12. The molecule has 1 saturated carbocycles. The second-order valence-electron chi connectivity index (χ2n) is 5.38. The van der Waals surface area contributed by atoms with E-state index in [0.717, 1.165) is 21.5 Å². The van der Waals surface area contributed by atoms with Crippen molar-refractivity contribution in [3.63, 3.8) is 0 Å². The fourth-order valence-electron chi connectivity index (χ4n) is 2.36. The molecule has 1 aromatic carbocycles. The van der Waals surface area contributed by atoms with Crippen molar-refractivity contribution in [3.05, 3.63) is 41.2 Å². The van der Waals surface area contributed by atoms with Gasteiger partial charge in [-0.25, -0.2) is 4.98 Å². The Balaban J connectivity index is 1.58. The number of nitrogens with zero attached hydrogens (tertiary/aromatic N) is 2. The van der Waals surface area contributed by atoms with Gasteiger partial charge in [-0.3, -0.25) is 15.2 Å². The van der Waals surface area contributed by atoms with Gasteiger partial charge in [0, 0.05) is 11.6 Å². The zero-order chi connectivity index (χ0) is 14.4. The Bertz CT molecular complexity index is 831. The number of carbonyl (C=O) groups is 1. The summed E-state index contributed by atoms with van der Waals surface area (Å²) in [6, 6.07) is 7.86. The molecule has 0 aliphatic heterocycles. The number of hydrogen-bond donors (Lipinski definition) is 2. The second-order valence-corrected chi connectivity index (χ2v) is 6.41. The van der Waals surface area contributed by atoms with E-state index in [-0.39, 0.29) is 5.91 Å². The number of hydrogen-bond acceptors (Lipinski definition) is 4. The number of carbonyl (C=O) groups excluding carboxylic acids is 1. The highest BCUT2D eigenvalue weighted by Gasteiger charge is 2.26. The number of anilines is 1. The third-order valence-corrected chi connectivity index (χ3v) is 4.62. The maximum absolute atomic E-state index is 12.2. The van der Waals surface area contributed by atoms with Crippen molar-refractivity contribution in [2.75, 3.05) is 5.32 Å². The van der Waals surface area contributed by atoms with Crippen LogP contribution in [0.4, 0.5) is 5.13 Å². The molecule has 0 unspecified atom stereocenters. The molecule has 106 valence electrons. The van der Waals surface area contributed by atoms with Crippen molar-refractivity contribution in [1.82, 2.24) is 15.2 Å². The van der Waals surface area contributed by atoms with Crippen LogP contribution in [0, 0.1) is 6.92 Å². The molecule has 1 fully saturated rings. The summed E-state index contributed by atoms with van der Waals surface area (Å²) in [4.78, 5) is 16.7. The van der Waals surface area contributed by atoms with Crippen LogP contribution >= 0.6 is 11.3 Å². The predicted molar refractivity (Wildman–Crippen MR) is 82.9 cm³/mol. The van der Waals surface area contributed by atoms with Crippen LogP contribution in [-0.2, 0) is 0 Å².